The topological polar surface area (TPSA) is 55.1 Å². The molecule has 3 nitrogen and oxygen atoms in total. The van der Waals surface area contributed by atoms with Gasteiger partial charge < -0.3 is 11.1 Å². The lowest BCUT2D eigenvalue weighted by Crippen LogP contribution is -2.50. The quantitative estimate of drug-likeness (QED) is 0.651. The number of carbonyl (C=O) groups excluding carboxylic acids is 1. The highest BCUT2D eigenvalue weighted by atomic mass is 16.2. The van der Waals surface area contributed by atoms with Crippen LogP contribution in [0, 0.1) is 5.41 Å². The molecule has 1 saturated carbocycles. The molecule has 0 spiro atoms. The second-order valence-electron chi connectivity index (χ2n) is 5.63. The van der Waals surface area contributed by atoms with Gasteiger partial charge in [-0.1, -0.05) is 40.0 Å². The van der Waals surface area contributed by atoms with Gasteiger partial charge in [-0.15, -0.1) is 0 Å². The van der Waals surface area contributed by atoms with Gasteiger partial charge in [-0.25, -0.2) is 0 Å². The fourth-order valence-electron chi connectivity index (χ4n) is 1.90. The molecule has 0 radical (unpaired) electrons. The third kappa shape index (κ3) is 3.82. The first-order chi connectivity index (χ1) is 6.91. The van der Waals surface area contributed by atoms with E-state index in [-0.39, 0.29) is 23.4 Å². The first-order valence-corrected chi connectivity index (χ1v) is 5.98. The van der Waals surface area contributed by atoms with Gasteiger partial charge in [0.1, 0.15) is 0 Å². The van der Waals surface area contributed by atoms with Gasteiger partial charge >= 0.3 is 0 Å². The number of nitrogens with one attached hydrogen (secondary N) is 1. The highest BCUT2D eigenvalue weighted by Crippen LogP contribution is 2.19. The molecular formula is C12H24N2O. The summed E-state index contributed by atoms with van der Waals surface area (Å²) < 4.78 is 0. The van der Waals surface area contributed by atoms with Crippen molar-refractivity contribution in [2.24, 2.45) is 11.1 Å². The molecule has 0 saturated heterocycles. The van der Waals surface area contributed by atoms with Crippen molar-refractivity contribution in [1.29, 1.82) is 0 Å². The lowest BCUT2D eigenvalue weighted by Gasteiger charge is -2.27. The fraction of sp³-hybridized carbons (Fsp3) is 0.917. The summed E-state index contributed by atoms with van der Waals surface area (Å²) in [7, 11) is 0. The van der Waals surface area contributed by atoms with Crippen molar-refractivity contribution in [3.8, 4) is 0 Å². The van der Waals surface area contributed by atoms with Gasteiger partial charge in [-0.3, -0.25) is 4.79 Å². The minimum Gasteiger partial charge on any atom is -0.351 e. The van der Waals surface area contributed by atoms with E-state index in [2.05, 4.69) is 5.32 Å². The van der Waals surface area contributed by atoms with Crippen LogP contribution in [-0.4, -0.2) is 18.0 Å². The maximum Gasteiger partial charge on any atom is 0.225 e. The van der Waals surface area contributed by atoms with Gasteiger partial charge in [0.05, 0.1) is 0 Å². The molecule has 1 aliphatic carbocycles. The lowest BCUT2D eigenvalue weighted by atomic mass is 9.94. The van der Waals surface area contributed by atoms with Crippen LogP contribution >= 0.6 is 0 Å². The predicted molar refractivity (Wildman–Crippen MR) is 62.4 cm³/mol. The summed E-state index contributed by atoms with van der Waals surface area (Å²) in [6, 6.07) is 0.318. The summed E-state index contributed by atoms with van der Waals surface area (Å²) in [6.07, 6.45) is 5.69. The van der Waals surface area contributed by atoms with Gasteiger partial charge in [-0.05, 0) is 12.8 Å². The van der Waals surface area contributed by atoms with E-state index < -0.39 is 0 Å². The monoisotopic (exact) mass is 212 g/mol. The third-order valence-corrected chi connectivity index (χ3v) is 3.07. The molecule has 0 aromatic rings. The van der Waals surface area contributed by atoms with Crippen molar-refractivity contribution in [3.63, 3.8) is 0 Å². The Bertz CT molecular complexity index is 220. The number of rotatable bonds is 1. The first-order valence-electron chi connectivity index (χ1n) is 5.98. The largest absolute Gasteiger partial charge is 0.351 e. The van der Waals surface area contributed by atoms with Gasteiger partial charge in [0.25, 0.3) is 0 Å². The second kappa shape index (κ2) is 4.97. The van der Waals surface area contributed by atoms with E-state index in [4.69, 9.17) is 5.73 Å². The van der Waals surface area contributed by atoms with Crippen LogP contribution in [-0.2, 0) is 4.79 Å². The molecule has 1 amide bonds. The normalized spacial score (nSPS) is 28.3. The number of carbonyl (C=O) groups is 1. The van der Waals surface area contributed by atoms with E-state index in [1.54, 1.807) is 0 Å². The fourth-order valence-corrected chi connectivity index (χ4v) is 1.90. The molecule has 2 unspecified atom stereocenters. The van der Waals surface area contributed by atoms with Crippen LogP contribution in [0.5, 0.6) is 0 Å². The molecule has 1 rings (SSSR count). The summed E-state index contributed by atoms with van der Waals surface area (Å²) >= 11 is 0. The van der Waals surface area contributed by atoms with Gasteiger partial charge in [0.2, 0.25) is 5.91 Å². The van der Waals surface area contributed by atoms with Crippen molar-refractivity contribution >= 4 is 5.91 Å². The van der Waals surface area contributed by atoms with Crippen LogP contribution in [0.2, 0.25) is 0 Å². The number of nitrogens with two attached hydrogens (primary N) is 1. The first kappa shape index (κ1) is 12.5. The van der Waals surface area contributed by atoms with E-state index in [0.29, 0.717) is 0 Å². The zero-order valence-corrected chi connectivity index (χ0v) is 10.2. The summed E-state index contributed by atoms with van der Waals surface area (Å²) in [5.41, 5.74) is 5.74. The van der Waals surface area contributed by atoms with Crippen molar-refractivity contribution in [1.82, 2.24) is 5.32 Å². The number of hydrogen-bond acceptors (Lipinski definition) is 2. The van der Waals surface area contributed by atoms with E-state index in [1.807, 2.05) is 20.8 Å². The van der Waals surface area contributed by atoms with Gasteiger partial charge in [0, 0.05) is 17.5 Å². The average Bonchev–Trinajstić information content (AvgIpc) is 2.30. The smallest absolute Gasteiger partial charge is 0.225 e. The van der Waals surface area contributed by atoms with E-state index in [0.717, 1.165) is 12.8 Å². The van der Waals surface area contributed by atoms with Crippen LogP contribution in [0.15, 0.2) is 0 Å². The van der Waals surface area contributed by atoms with Crippen molar-refractivity contribution in [3.05, 3.63) is 0 Å². The van der Waals surface area contributed by atoms with Crippen molar-refractivity contribution in [2.45, 2.75) is 65.0 Å². The maximum atomic E-state index is 11.8. The molecule has 0 aliphatic heterocycles. The molecule has 3 heteroatoms. The molecule has 2 atom stereocenters. The van der Waals surface area contributed by atoms with Crippen LogP contribution < -0.4 is 11.1 Å². The molecular weight excluding hydrogens is 188 g/mol. The van der Waals surface area contributed by atoms with E-state index in [1.165, 1.54) is 19.3 Å². The zero-order chi connectivity index (χ0) is 11.5. The van der Waals surface area contributed by atoms with Crippen LogP contribution in [0.25, 0.3) is 0 Å². The molecule has 0 aromatic heterocycles. The molecule has 1 fully saturated rings. The Labute approximate surface area is 92.8 Å². The molecule has 0 aromatic carbocycles. The van der Waals surface area contributed by atoms with E-state index >= 15 is 0 Å². The van der Waals surface area contributed by atoms with Crippen molar-refractivity contribution in [2.75, 3.05) is 0 Å². The Morgan fingerprint density at radius 3 is 2.40 bits per heavy atom. The number of hydrogen-bond donors (Lipinski definition) is 2. The maximum absolute atomic E-state index is 11.8. The molecule has 0 bridgehead atoms. The Kier molecular flexibility index (Phi) is 4.14. The Hall–Kier alpha value is -0.570. The van der Waals surface area contributed by atoms with Crippen LogP contribution in [0.4, 0.5) is 0 Å². The molecule has 3 N–H and O–H groups in total. The van der Waals surface area contributed by atoms with Gasteiger partial charge in [-0.2, -0.15) is 0 Å². The standard InChI is InChI=1S/C12H24N2O/c1-12(2,3)11(15)14-10-8-6-4-5-7-9(10)13/h9-10H,4-8,13H2,1-3H3,(H,14,15). The minimum absolute atomic E-state index is 0.116. The summed E-state index contributed by atoms with van der Waals surface area (Å²) in [5.74, 6) is 0.116. The Morgan fingerprint density at radius 2 is 1.80 bits per heavy atom. The zero-order valence-electron chi connectivity index (χ0n) is 10.2. The molecule has 88 valence electrons. The summed E-state index contributed by atoms with van der Waals surface area (Å²) in [4.78, 5) is 11.8. The summed E-state index contributed by atoms with van der Waals surface area (Å²) in [5, 5.41) is 3.08. The second-order valence-corrected chi connectivity index (χ2v) is 5.63. The average molecular weight is 212 g/mol. The highest BCUT2D eigenvalue weighted by molar-refractivity contribution is 5.81. The van der Waals surface area contributed by atoms with Crippen LogP contribution in [0.3, 0.4) is 0 Å². The predicted octanol–water partition coefficient (Wildman–Crippen LogP) is 1.81. The molecule has 1 aliphatic rings. The SMILES string of the molecule is CC(C)(C)C(=O)NC1CCCCCC1N. The molecule has 0 heterocycles. The van der Waals surface area contributed by atoms with E-state index in [9.17, 15) is 4.79 Å². The number of amides is 1. The third-order valence-electron chi connectivity index (χ3n) is 3.07. The lowest BCUT2D eigenvalue weighted by molar-refractivity contribution is -0.129. The minimum atomic E-state index is -0.313. The Morgan fingerprint density at radius 1 is 1.20 bits per heavy atom. The van der Waals surface area contributed by atoms with Gasteiger partial charge in [0.15, 0.2) is 0 Å². The van der Waals surface area contributed by atoms with Crippen LogP contribution in [0.1, 0.15) is 52.9 Å². The van der Waals surface area contributed by atoms with Crippen molar-refractivity contribution < 1.29 is 4.79 Å². The highest BCUT2D eigenvalue weighted by Gasteiger charge is 2.27. The Balaban J connectivity index is 2.52. The summed E-state index contributed by atoms with van der Waals surface area (Å²) in [6.45, 7) is 5.81. The molecule has 15 heavy (non-hydrogen) atoms.